The molecule has 2 aromatic heterocycles. The van der Waals surface area contributed by atoms with Crippen LogP contribution >= 0.6 is 11.3 Å². The molecule has 1 unspecified atom stereocenters. The number of allylic oxidation sites excluding steroid dienone is 3. The lowest BCUT2D eigenvalue weighted by molar-refractivity contribution is -0.133. The van der Waals surface area contributed by atoms with Gasteiger partial charge in [0.15, 0.2) is 5.78 Å². The molecule has 0 spiro atoms. The number of aromatic nitrogens is 1. The molecule has 0 amide bonds. The summed E-state index contributed by atoms with van der Waals surface area (Å²) >= 11 is 1.49. The highest BCUT2D eigenvalue weighted by Gasteiger charge is 2.39. The summed E-state index contributed by atoms with van der Waals surface area (Å²) in [7, 11) is 0. The standard InChI is InChI=1S/C24H28N2O3S/c1-14-20(16(3)27)22(19-13-30-23-18(19)10-7-11-25-23)21(24(28)29)15(2)26(14)12-17-8-5-4-6-9-17/h7,10-11,13,17,22H,4-6,8-9,12H2,1-3H3,(H,28,29). The molecular formula is C24H28N2O3S. The number of rotatable bonds is 5. The Kier molecular flexibility index (Phi) is 5.78. The fraction of sp³-hybridized carbons (Fsp3) is 0.458. The molecule has 1 aliphatic heterocycles. The first-order valence-electron chi connectivity index (χ1n) is 10.7. The van der Waals surface area contributed by atoms with Gasteiger partial charge in [-0.05, 0) is 56.5 Å². The van der Waals surface area contributed by atoms with Crippen molar-refractivity contribution in [1.29, 1.82) is 0 Å². The Balaban J connectivity index is 1.86. The molecule has 4 rings (SSSR count). The SMILES string of the molecule is CC(=O)C1=C(C)N(CC2CCCCC2)C(C)=C(C(=O)O)C1c1csc2ncccc12. The average molecular weight is 425 g/mol. The molecule has 0 saturated heterocycles. The Morgan fingerprint density at radius 2 is 1.87 bits per heavy atom. The highest BCUT2D eigenvalue weighted by molar-refractivity contribution is 7.16. The van der Waals surface area contributed by atoms with Crippen molar-refractivity contribution in [2.24, 2.45) is 5.92 Å². The maximum Gasteiger partial charge on any atom is 0.334 e. The molecule has 1 fully saturated rings. The van der Waals surface area contributed by atoms with Crippen LogP contribution < -0.4 is 0 Å². The van der Waals surface area contributed by atoms with E-state index >= 15 is 0 Å². The van der Waals surface area contributed by atoms with Crippen LogP contribution in [-0.2, 0) is 9.59 Å². The first-order chi connectivity index (χ1) is 14.4. The number of thiophene rings is 1. The molecule has 6 heteroatoms. The zero-order valence-corrected chi connectivity index (χ0v) is 18.6. The molecule has 0 radical (unpaired) electrons. The van der Waals surface area contributed by atoms with E-state index in [-0.39, 0.29) is 5.78 Å². The van der Waals surface area contributed by atoms with Crippen LogP contribution in [0.2, 0.25) is 0 Å². The second-order valence-electron chi connectivity index (χ2n) is 8.45. The van der Waals surface area contributed by atoms with Crippen molar-refractivity contribution in [3.8, 4) is 0 Å². The molecule has 0 bridgehead atoms. The van der Waals surface area contributed by atoms with Gasteiger partial charge in [-0.3, -0.25) is 4.79 Å². The topological polar surface area (TPSA) is 70.5 Å². The lowest BCUT2D eigenvalue weighted by Crippen LogP contribution is -2.36. The second-order valence-corrected chi connectivity index (χ2v) is 9.31. The van der Waals surface area contributed by atoms with Gasteiger partial charge in [0.2, 0.25) is 0 Å². The smallest absolute Gasteiger partial charge is 0.334 e. The molecule has 0 aromatic carbocycles. The summed E-state index contributed by atoms with van der Waals surface area (Å²) in [6.07, 6.45) is 7.80. The summed E-state index contributed by atoms with van der Waals surface area (Å²) in [6.45, 7) is 6.20. The van der Waals surface area contributed by atoms with E-state index in [9.17, 15) is 14.7 Å². The Morgan fingerprint density at radius 1 is 1.17 bits per heavy atom. The summed E-state index contributed by atoms with van der Waals surface area (Å²) in [4.78, 5) is 32.7. The third kappa shape index (κ3) is 3.58. The maximum absolute atomic E-state index is 12.9. The lowest BCUT2D eigenvalue weighted by Gasteiger charge is -2.40. The number of carbonyl (C=O) groups is 2. The number of aliphatic carboxylic acids is 1. The Labute approximate surface area is 181 Å². The molecule has 2 aromatic rings. The van der Waals surface area contributed by atoms with E-state index < -0.39 is 11.9 Å². The van der Waals surface area contributed by atoms with Gasteiger partial charge in [-0.15, -0.1) is 11.3 Å². The molecule has 30 heavy (non-hydrogen) atoms. The fourth-order valence-electron chi connectivity index (χ4n) is 5.16. The summed E-state index contributed by atoms with van der Waals surface area (Å²) in [5.41, 5.74) is 3.41. The number of carboxylic acid groups (broad SMARTS) is 1. The predicted molar refractivity (Wildman–Crippen MR) is 119 cm³/mol. The molecule has 5 nitrogen and oxygen atoms in total. The van der Waals surface area contributed by atoms with Crippen molar-refractivity contribution < 1.29 is 14.7 Å². The highest BCUT2D eigenvalue weighted by Crippen LogP contribution is 2.46. The van der Waals surface area contributed by atoms with Crippen LogP contribution in [0.25, 0.3) is 10.2 Å². The maximum atomic E-state index is 12.9. The van der Waals surface area contributed by atoms with Gasteiger partial charge in [-0.1, -0.05) is 25.3 Å². The van der Waals surface area contributed by atoms with Crippen molar-refractivity contribution >= 4 is 33.3 Å². The number of ketones is 1. The Morgan fingerprint density at radius 3 is 2.53 bits per heavy atom. The number of hydrogen-bond donors (Lipinski definition) is 1. The van der Waals surface area contributed by atoms with Crippen molar-refractivity contribution in [3.05, 3.63) is 51.8 Å². The quantitative estimate of drug-likeness (QED) is 0.686. The largest absolute Gasteiger partial charge is 0.478 e. The van der Waals surface area contributed by atoms with Crippen molar-refractivity contribution in [3.63, 3.8) is 0 Å². The van der Waals surface area contributed by atoms with Crippen molar-refractivity contribution in [2.75, 3.05) is 6.54 Å². The summed E-state index contributed by atoms with van der Waals surface area (Å²) in [6, 6.07) is 3.82. The summed E-state index contributed by atoms with van der Waals surface area (Å²) in [5.74, 6) is -1.06. The first kappa shape index (κ1) is 20.8. The van der Waals surface area contributed by atoms with Crippen LogP contribution in [0.5, 0.6) is 0 Å². The molecule has 3 heterocycles. The van der Waals surface area contributed by atoms with Gasteiger partial charge in [0.25, 0.3) is 0 Å². The van der Waals surface area contributed by atoms with Crippen molar-refractivity contribution in [1.82, 2.24) is 9.88 Å². The minimum atomic E-state index is -0.958. The van der Waals surface area contributed by atoms with Gasteiger partial charge in [0.05, 0.1) is 5.57 Å². The summed E-state index contributed by atoms with van der Waals surface area (Å²) < 4.78 is 0. The van der Waals surface area contributed by atoms with Crippen LogP contribution in [0.15, 0.2) is 46.2 Å². The fourth-order valence-corrected chi connectivity index (χ4v) is 6.10. The van der Waals surface area contributed by atoms with E-state index in [1.165, 1.54) is 43.4 Å². The Hall–Kier alpha value is -2.47. The number of nitrogens with zero attached hydrogens (tertiary/aromatic N) is 2. The van der Waals surface area contributed by atoms with Gasteiger partial charge in [0, 0.05) is 41.0 Å². The van der Waals surface area contributed by atoms with Crippen molar-refractivity contribution in [2.45, 2.75) is 58.8 Å². The zero-order chi connectivity index (χ0) is 21.4. The number of hydrogen-bond acceptors (Lipinski definition) is 5. The third-order valence-electron chi connectivity index (χ3n) is 6.63. The van der Waals surface area contributed by atoms with Crippen LogP contribution in [-0.4, -0.2) is 33.3 Å². The van der Waals surface area contributed by atoms with Crippen LogP contribution in [0, 0.1) is 5.92 Å². The second kappa shape index (κ2) is 8.34. The lowest BCUT2D eigenvalue weighted by atomic mass is 9.78. The van der Waals surface area contributed by atoms with E-state index in [2.05, 4.69) is 9.88 Å². The Bertz CT molecular complexity index is 1020. The molecule has 158 valence electrons. The number of carbonyl (C=O) groups excluding carboxylic acids is 1. The molecular weight excluding hydrogens is 396 g/mol. The average Bonchev–Trinajstić information content (AvgIpc) is 3.14. The minimum Gasteiger partial charge on any atom is -0.478 e. The van der Waals surface area contributed by atoms with E-state index in [0.717, 1.165) is 33.7 Å². The molecule has 1 saturated carbocycles. The molecule has 1 atom stereocenters. The van der Waals surface area contributed by atoms with Gasteiger partial charge in [-0.25, -0.2) is 9.78 Å². The van der Waals surface area contributed by atoms with Gasteiger partial charge in [-0.2, -0.15) is 0 Å². The molecule has 1 N–H and O–H groups in total. The van der Waals surface area contributed by atoms with Gasteiger partial charge < -0.3 is 10.0 Å². The summed E-state index contributed by atoms with van der Waals surface area (Å²) in [5, 5.41) is 13.1. The van der Waals surface area contributed by atoms with Crippen LogP contribution in [0.4, 0.5) is 0 Å². The monoisotopic (exact) mass is 424 g/mol. The van der Waals surface area contributed by atoms with Gasteiger partial charge >= 0.3 is 5.97 Å². The number of carboxylic acids is 1. The van der Waals surface area contributed by atoms with Gasteiger partial charge in [0.1, 0.15) is 4.83 Å². The van der Waals surface area contributed by atoms with Crippen LogP contribution in [0.3, 0.4) is 0 Å². The molecule has 1 aliphatic carbocycles. The normalized spacial score (nSPS) is 20.9. The molecule has 2 aliphatic rings. The van der Waals surface area contributed by atoms with E-state index in [1.807, 2.05) is 31.4 Å². The van der Waals surface area contributed by atoms with E-state index in [0.29, 0.717) is 17.1 Å². The first-order valence-corrected chi connectivity index (χ1v) is 11.5. The van der Waals surface area contributed by atoms with E-state index in [1.54, 1.807) is 13.1 Å². The predicted octanol–water partition coefficient (Wildman–Crippen LogP) is 5.50. The van der Waals surface area contributed by atoms with E-state index in [4.69, 9.17) is 0 Å². The minimum absolute atomic E-state index is 0.0689. The highest BCUT2D eigenvalue weighted by atomic mass is 32.1. The number of pyridine rings is 1. The number of Topliss-reactive ketones (excluding diaryl/α,β-unsaturated/α-hetero) is 1. The third-order valence-corrected chi connectivity index (χ3v) is 7.55. The number of fused-ring (bicyclic) bond motifs is 1. The zero-order valence-electron chi connectivity index (χ0n) is 17.8. The van der Waals surface area contributed by atoms with Crippen LogP contribution in [0.1, 0.15) is 64.4 Å².